The van der Waals surface area contributed by atoms with Crippen LogP contribution in [-0.2, 0) is 0 Å². The van der Waals surface area contributed by atoms with E-state index < -0.39 is 0 Å². The molecule has 1 heterocycles. The van der Waals surface area contributed by atoms with Crippen molar-refractivity contribution in [2.45, 2.75) is 58.9 Å². The van der Waals surface area contributed by atoms with E-state index in [4.69, 9.17) is 0 Å². The summed E-state index contributed by atoms with van der Waals surface area (Å²) in [6.45, 7) is 7.67. The van der Waals surface area contributed by atoms with Gasteiger partial charge in [-0.1, -0.05) is 38.7 Å². The molecule has 0 bridgehead atoms. The molecule has 1 N–H and O–H groups in total. The highest BCUT2D eigenvalue weighted by Gasteiger charge is 2.18. The van der Waals surface area contributed by atoms with E-state index in [1.54, 1.807) is 5.57 Å². The van der Waals surface area contributed by atoms with Gasteiger partial charge in [-0.05, 0) is 53.8 Å². The number of thiophene rings is 1. The smallest absolute Gasteiger partial charge is 0.0317 e. The molecule has 0 unspecified atom stereocenters. The van der Waals surface area contributed by atoms with E-state index in [1.165, 1.54) is 46.3 Å². The second kappa shape index (κ2) is 7.77. The summed E-state index contributed by atoms with van der Waals surface area (Å²) in [5, 5.41) is 3.61. The Labute approximate surface area is 136 Å². The van der Waals surface area contributed by atoms with E-state index in [9.17, 15) is 0 Å². The van der Waals surface area contributed by atoms with Gasteiger partial charge in [0.25, 0.3) is 0 Å². The van der Waals surface area contributed by atoms with Crippen LogP contribution in [0.25, 0.3) is 6.08 Å². The minimum Gasteiger partial charge on any atom is -0.311 e. The molecule has 0 aromatic carbocycles. The molecule has 2 rings (SSSR count). The lowest BCUT2D eigenvalue weighted by molar-refractivity contribution is 0.394. The summed E-state index contributed by atoms with van der Waals surface area (Å²) in [7, 11) is 0. The molecule has 1 aliphatic carbocycles. The standard InChI is InChI=1S/C17H26BrNS/c1-12(2)19-11-15(14-7-5-4-6-8-14)9-16-10-17(18)13(3)20-16/h9-10,12,14,19H,4-8,11H2,1-3H3. The minimum atomic E-state index is 0.554. The minimum absolute atomic E-state index is 0.554. The van der Waals surface area contributed by atoms with Gasteiger partial charge in [0.1, 0.15) is 0 Å². The van der Waals surface area contributed by atoms with E-state index in [0.717, 1.165) is 12.5 Å². The molecule has 1 aromatic rings. The van der Waals surface area contributed by atoms with Crippen LogP contribution >= 0.6 is 27.3 Å². The van der Waals surface area contributed by atoms with Crippen LogP contribution in [0.15, 0.2) is 16.1 Å². The first-order valence-corrected chi connectivity index (χ1v) is 9.37. The monoisotopic (exact) mass is 355 g/mol. The van der Waals surface area contributed by atoms with Crippen molar-refractivity contribution in [2.75, 3.05) is 6.54 Å². The third-order valence-electron chi connectivity index (χ3n) is 4.05. The zero-order chi connectivity index (χ0) is 14.5. The van der Waals surface area contributed by atoms with Crippen molar-refractivity contribution >= 4 is 33.3 Å². The van der Waals surface area contributed by atoms with Crippen LogP contribution in [-0.4, -0.2) is 12.6 Å². The summed E-state index contributed by atoms with van der Waals surface area (Å²) in [5.74, 6) is 0.788. The highest BCUT2D eigenvalue weighted by Crippen LogP contribution is 2.33. The molecule has 0 spiro atoms. The lowest BCUT2D eigenvalue weighted by Crippen LogP contribution is -2.27. The summed E-state index contributed by atoms with van der Waals surface area (Å²) in [5.41, 5.74) is 1.60. The van der Waals surface area contributed by atoms with Gasteiger partial charge in [0.2, 0.25) is 0 Å². The third-order valence-corrected chi connectivity index (χ3v) is 6.13. The maximum absolute atomic E-state index is 3.63. The van der Waals surface area contributed by atoms with Crippen LogP contribution in [0.5, 0.6) is 0 Å². The first-order valence-electron chi connectivity index (χ1n) is 7.76. The number of hydrogen-bond acceptors (Lipinski definition) is 2. The van der Waals surface area contributed by atoms with Crippen molar-refractivity contribution in [1.29, 1.82) is 0 Å². The van der Waals surface area contributed by atoms with Crippen molar-refractivity contribution in [3.05, 3.63) is 25.9 Å². The van der Waals surface area contributed by atoms with Crippen LogP contribution in [0.4, 0.5) is 0 Å². The van der Waals surface area contributed by atoms with Crippen molar-refractivity contribution in [2.24, 2.45) is 5.92 Å². The zero-order valence-corrected chi connectivity index (χ0v) is 15.2. The van der Waals surface area contributed by atoms with E-state index in [0.29, 0.717) is 6.04 Å². The van der Waals surface area contributed by atoms with Crippen molar-refractivity contribution in [3.8, 4) is 0 Å². The first kappa shape index (κ1) is 16.3. The van der Waals surface area contributed by atoms with Gasteiger partial charge in [0, 0.05) is 26.8 Å². The Morgan fingerprint density at radius 2 is 2.10 bits per heavy atom. The highest BCUT2D eigenvalue weighted by molar-refractivity contribution is 9.10. The summed E-state index contributed by atoms with van der Waals surface area (Å²) in [6, 6.07) is 2.82. The molecule has 1 aliphatic rings. The Hall–Kier alpha value is -0.120. The predicted octanol–water partition coefficient (Wildman–Crippen LogP) is 5.78. The first-order chi connectivity index (χ1) is 9.56. The lowest BCUT2D eigenvalue weighted by atomic mass is 9.83. The Balaban J connectivity index is 2.15. The maximum Gasteiger partial charge on any atom is 0.0317 e. The fourth-order valence-corrected chi connectivity index (χ4v) is 4.38. The van der Waals surface area contributed by atoms with Crippen molar-refractivity contribution in [3.63, 3.8) is 0 Å². The number of nitrogens with one attached hydrogen (secondary N) is 1. The van der Waals surface area contributed by atoms with E-state index in [1.807, 2.05) is 11.3 Å². The largest absolute Gasteiger partial charge is 0.311 e. The fourth-order valence-electron chi connectivity index (χ4n) is 2.84. The van der Waals surface area contributed by atoms with Gasteiger partial charge in [0.05, 0.1) is 0 Å². The van der Waals surface area contributed by atoms with Crippen LogP contribution in [0, 0.1) is 12.8 Å². The van der Waals surface area contributed by atoms with Crippen LogP contribution < -0.4 is 5.32 Å². The van der Waals surface area contributed by atoms with Crippen LogP contribution in [0.1, 0.15) is 55.7 Å². The second-order valence-corrected chi connectivity index (χ2v) is 8.28. The van der Waals surface area contributed by atoms with Gasteiger partial charge in [-0.2, -0.15) is 0 Å². The van der Waals surface area contributed by atoms with Gasteiger partial charge in [-0.25, -0.2) is 0 Å². The molecule has 0 aliphatic heterocycles. The highest BCUT2D eigenvalue weighted by atomic mass is 79.9. The van der Waals surface area contributed by atoms with Gasteiger partial charge < -0.3 is 5.32 Å². The lowest BCUT2D eigenvalue weighted by Gasteiger charge is -2.25. The van der Waals surface area contributed by atoms with Gasteiger partial charge in [-0.15, -0.1) is 11.3 Å². The van der Waals surface area contributed by atoms with Gasteiger partial charge in [-0.3, -0.25) is 0 Å². The fraction of sp³-hybridized carbons (Fsp3) is 0.647. The molecule has 1 aromatic heterocycles. The van der Waals surface area contributed by atoms with Crippen LogP contribution in [0.2, 0.25) is 0 Å². The zero-order valence-electron chi connectivity index (χ0n) is 12.8. The van der Waals surface area contributed by atoms with Crippen LogP contribution in [0.3, 0.4) is 0 Å². The predicted molar refractivity (Wildman–Crippen MR) is 94.4 cm³/mol. The molecule has 0 amide bonds. The summed E-state index contributed by atoms with van der Waals surface area (Å²) in [6.07, 6.45) is 9.40. The molecule has 112 valence electrons. The Morgan fingerprint density at radius 3 is 2.65 bits per heavy atom. The summed E-state index contributed by atoms with van der Waals surface area (Å²) >= 11 is 5.52. The molecule has 1 saturated carbocycles. The molecular weight excluding hydrogens is 330 g/mol. The number of rotatable bonds is 5. The van der Waals surface area contributed by atoms with Crippen molar-refractivity contribution in [1.82, 2.24) is 5.32 Å². The van der Waals surface area contributed by atoms with E-state index in [-0.39, 0.29) is 0 Å². The van der Waals surface area contributed by atoms with E-state index in [2.05, 4.69) is 54.2 Å². The van der Waals surface area contributed by atoms with E-state index >= 15 is 0 Å². The molecular formula is C17H26BrNS. The number of aryl methyl sites for hydroxylation is 1. The van der Waals surface area contributed by atoms with Gasteiger partial charge >= 0.3 is 0 Å². The normalized spacial score (nSPS) is 17.9. The van der Waals surface area contributed by atoms with Crippen molar-refractivity contribution < 1.29 is 0 Å². The Morgan fingerprint density at radius 1 is 1.40 bits per heavy atom. The number of hydrogen-bond donors (Lipinski definition) is 1. The molecule has 0 saturated heterocycles. The molecule has 1 fully saturated rings. The molecule has 3 heteroatoms. The Bertz CT molecular complexity index is 436. The average Bonchev–Trinajstić information content (AvgIpc) is 2.74. The summed E-state index contributed by atoms with van der Waals surface area (Å²) < 4.78 is 1.24. The SMILES string of the molecule is Cc1sc(C=C(CNC(C)C)C2CCCCC2)cc1Br. The molecule has 0 atom stereocenters. The third kappa shape index (κ3) is 4.71. The topological polar surface area (TPSA) is 12.0 Å². The summed E-state index contributed by atoms with van der Waals surface area (Å²) in [4.78, 5) is 2.76. The molecule has 0 radical (unpaired) electrons. The Kier molecular flexibility index (Phi) is 6.31. The quantitative estimate of drug-likeness (QED) is 0.705. The molecule has 1 nitrogen and oxygen atoms in total. The maximum atomic E-state index is 3.63. The van der Waals surface area contributed by atoms with Gasteiger partial charge in [0.15, 0.2) is 0 Å². The number of halogens is 1. The molecule has 20 heavy (non-hydrogen) atoms. The second-order valence-electron chi connectivity index (χ2n) is 6.14. The average molecular weight is 356 g/mol.